The van der Waals surface area contributed by atoms with Gasteiger partial charge in [0.15, 0.2) is 0 Å². The number of nitrogens with one attached hydrogen (secondary N) is 1. The van der Waals surface area contributed by atoms with Crippen molar-refractivity contribution >= 4 is 29.2 Å². The molecule has 1 aromatic heterocycles. The van der Waals surface area contributed by atoms with E-state index in [9.17, 15) is 9.59 Å². The predicted molar refractivity (Wildman–Crippen MR) is 144 cm³/mol. The minimum atomic E-state index is -0.233. The van der Waals surface area contributed by atoms with E-state index in [0.717, 1.165) is 63.2 Å². The molecular formula is C29H33N5O3. The molecule has 3 heterocycles. The van der Waals surface area contributed by atoms with Crippen LogP contribution in [0.25, 0.3) is 0 Å². The summed E-state index contributed by atoms with van der Waals surface area (Å²) in [6.45, 7) is 3.61. The molecule has 192 valence electrons. The van der Waals surface area contributed by atoms with Gasteiger partial charge >= 0.3 is 6.09 Å². The molecule has 0 saturated carbocycles. The van der Waals surface area contributed by atoms with E-state index >= 15 is 0 Å². The fourth-order valence-electron chi connectivity index (χ4n) is 5.20. The van der Waals surface area contributed by atoms with Crippen molar-refractivity contribution in [2.75, 3.05) is 42.1 Å². The summed E-state index contributed by atoms with van der Waals surface area (Å²) < 4.78 is 5.52. The highest BCUT2D eigenvalue weighted by molar-refractivity contribution is 6.05. The van der Waals surface area contributed by atoms with Crippen LogP contribution in [0.3, 0.4) is 0 Å². The second-order valence-corrected chi connectivity index (χ2v) is 9.96. The van der Waals surface area contributed by atoms with Crippen LogP contribution < -0.4 is 16.0 Å². The Labute approximate surface area is 217 Å². The first-order valence-corrected chi connectivity index (χ1v) is 12.8. The van der Waals surface area contributed by atoms with Gasteiger partial charge in [-0.15, -0.1) is 0 Å². The molecule has 2 aromatic carbocycles. The van der Waals surface area contributed by atoms with Crippen molar-refractivity contribution in [1.29, 1.82) is 0 Å². The summed E-state index contributed by atoms with van der Waals surface area (Å²) in [7, 11) is 0. The molecule has 37 heavy (non-hydrogen) atoms. The molecule has 3 N–H and O–H groups in total. The number of para-hydroxylation sites is 2. The second-order valence-electron chi connectivity index (χ2n) is 9.96. The van der Waals surface area contributed by atoms with Crippen LogP contribution in [-0.2, 0) is 11.3 Å². The zero-order valence-electron chi connectivity index (χ0n) is 20.9. The first-order valence-electron chi connectivity index (χ1n) is 12.8. The maximum Gasteiger partial charge on any atom is 0.410 e. The normalized spacial score (nSPS) is 16.9. The summed E-state index contributed by atoms with van der Waals surface area (Å²) >= 11 is 0. The molecule has 2 saturated heterocycles. The van der Waals surface area contributed by atoms with Crippen molar-refractivity contribution in [2.45, 2.75) is 32.3 Å². The number of ether oxygens (including phenoxy) is 1. The molecule has 0 atom stereocenters. The fourth-order valence-corrected chi connectivity index (χ4v) is 5.20. The SMILES string of the molecule is Nc1ccccc1NC(=O)c1ccc(N2CCC3(CCN(C(=O)OCc4ccccc4)CC3)CC2)nc1. The molecule has 2 aliphatic heterocycles. The Morgan fingerprint density at radius 1 is 0.892 bits per heavy atom. The van der Waals surface area contributed by atoms with Crippen molar-refractivity contribution in [1.82, 2.24) is 9.88 Å². The number of anilines is 3. The molecule has 3 aromatic rings. The molecule has 1 spiro atoms. The molecule has 0 bridgehead atoms. The fraction of sp³-hybridized carbons (Fsp3) is 0.345. The van der Waals surface area contributed by atoms with Crippen molar-refractivity contribution in [3.8, 4) is 0 Å². The summed E-state index contributed by atoms with van der Waals surface area (Å²) in [4.78, 5) is 33.8. The van der Waals surface area contributed by atoms with Gasteiger partial charge in [-0.2, -0.15) is 0 Å². The summed E-state index contributed by atoms with van der Waals surface area (Å²) in [6, 6.07) is 20.7. The van der Waals surface area contributed by atoms with Gasteiger partial charge < -0.3 is 25.6 Å². The van der Waals surface area contributed by atoms with Crippen LogP contribution in [-0.4, -0.2) is 48.1 Å². The summed E-state index contributed by atoms with van der Waals surface area (Å²) in [5.74, 6) is 0.649. The minimum Gasteiger partial charge on any atom is -0.445 e. The number of piperidine rings is 2. The van der Waals surface area contributed by atoms with Crippen LogP contribution in [0.15, 0.2) is 72.9 Å². The van der Waals surface area contributed by atoms with E-state index in [-0.39, 0.29) is 17.4 Å². The molecule has 2 amide bonds. The number of nitrogens with two attached hydrogens (primary N) is 1. The number of carbonyl (C=O) groups excluding carboxylic acids is 2. The highest BCUT2D eigenvalue weighted by Gasteiger charge is 2.39. The van der Waals surface area contributed by atoms with Gasteiger partial charge in [-0.1, -0.05) is 42.5 Å². The lowest BCUT2D eigenvalue weighted by atomic mass is 9.71. The minimum absolute atomic E-state index is 0.223. The molecule has 2 aliphatic rings. The van der Waals surface area contributed by atoms with Crippen LogP contribution in [0.2, 0.25) is 0 Å². The third-order valence-corrected chi connectivity index (χ3v) is 7.65. The molecule has 0 radical (unpaired) electrons. The molecule has 8 heteroatoms. The number of carbonyl (C=O) groups is 2. The monoisotopic (exact) mass is 499 g/mol. The lowest BCUT2D eigenvalue weighted by molar-refractivity contribution is 0.0515. The van der Waals surface area contributed by atoms with E-state index in [1.165, 1.54) is 0 Å². The summed E-state index contributed by atoms with van der Waals surface area (Å²) in [6.07, 6.45) is 5.52. The van der Waals surface area contributed by atoms with E-state index in [4.69, 9.17) is 10.5 Å². The Hall–Kier alpha value is -4.07. The topological polar surface area (TPSA) is 101 Å². The maximum absolute atomic E-state index is 12.6. The number of hydrogen-bond acceptors (Lipinski definition) is 6. The average molecular weight is 500 g/mol. The van der Waals surface area contributed by atoms with E-state index in [1.54, 1.807) is 24.4 Å². The maximum atomic E-state index is 12.6. The predicted octanol–water partition coefficient (Wildman–Crippen LogP) is 4.94. The lowest BCUT2D eigenvalue weighted by Crippen LogP contribution is -2.48. The highest BCUT2D eigenvalue weighted by Crippen LogP contribution is 2.42. The van der Waals surface area contributed by atoms with Crippen LogP contribution in [0.5, 0.6) is 0 Å². The number of pyridine rings is 1. The molecule has 0 aliphatic carbocycles. The third-order valence-electron chi connectivity index (χ3n) is 7.65. The summed E-state index contributed by atoms with van der Waals surface area (Å²) in [5.41, 5.74) is 8.80. The van der Waals surface area contributed by atoms with Crippen molar-refractivity contribution < 1.29 is 14.3 Å². The van der Waals surface area contributed by atoms with E-state index < -0.39 is 0 Å². The Morgan fingerprint density at radius 2 is 1.57 bits per heavy atom. The number of nitrogen functional groups attached to an aromatic ring is 1. The van der Waals surface area contributed by atoms with Gasteiger partial charge in [0.25, 0.3) is 5.91 Å². The zero-order valence-corrected chi connectivity index (χ0v) is 20.9. The smallest absolute Gasteiger partial charge is 0.410 e. The molecule has 8 nitrogen and oxygen atoms in total. The Bertz CT molecular complexity index is 1210. The van der Waals surface area contributed by atoms with Crippen LogP contribution in [0.1, 0.15) is 41.6 Å². The lowest BCUT2D eigenvalue weighted by Gasteiger charge is -2.46. The second kappa shape index (κ2) is 10.9. The average Bonchev–Trinajstić information content (AvgIpc) is 2.94. The Morgan fingerprint density at radius 3 is 2.24 bits per heavy atom. The number of amides is 2. The van der Waals surface area contributed by atoms with Gasteiger partial charge in [-0.05, 0) is 60.9 Å². The molecule has 5 rings (SSSR count). The van der Waals surface area contributed by atoms with Gasteiger partial charge in [0, 0.05) is 32.4 Å². The van der Waals surface area contributed by atoms with Crippen LogP contribution in [0.4, 0.5) is 22.0 Å². The van der Waals surface area contributed by atoms with Gasteiger partial charge in [0.1, 0.15) is 12.4 Å². The highest BCUT2D eigenvalue weighted by atomic mass is 16.6. The van der Waals surface area contributed by atoms with Gasteiger partial charge in [0.2, 0.25) is 0 Å². The summed E-state index contributed by atoms with van der Waals surface area (Å²) in [5, 5.41) is 2.84. The number of benzene rings is 2. The van der Waals surface area contributed by atoms with Crippen LogP contribution >= 0.6 is 0 Å². The Kier molecular flexibility index (Phi) is 7.25. The number of hydrogen-bond donors (Lipinski definition) is 2. The van der Waals surface area contributed by atoms with Crippen molar-refractivity contribution in [3.63, 3.8) is 0 Å². The van der Waals surface area contributed by atoms with E-state index in [0.29, 0.717) is 23.5 Å². The number of aromatic nitrogens is 1. The molecular weight excluding hydrogens is 466 g/mol. The number of rotatable bonds is 5. The van der Waals surface area contributed by atoms with Gasteiger partial charge in [-0.3, -0.25) is 4.79 Å². The Balaban J connectivity index is 1.09. The quantitative estimate of drug-likeness (QED) is 0.483. The van der Waals surface area contributed by atoms with Crippen LogP contribution in [0, 0.1) is 5.41 Å². The van der Waals surface area contributed by atoms with E-state index in [2.05, 4.69) is 15.2 Å². The van der Waals surface area contributed by atoms with Gasteiger partial charge in [-0.25, -0.2) is 9.78 Å². The van der Waals surface area contributed by atoms with Crippen molar-refractivity contribution in [2.24, 2.45) is 5.41 Å². The van der Waals surface area contributed by atoms with Gasteiger partial charge in [0.05, 0.1) is 16.9 Å². The molecule has 0 unspecified atom stereocenters. The van der Waals surface area contributed by atoms with E-state index in [1.807, 2.05) is 53.4 Å². The third kappa shape index (κ3) is 5.85. The first kappa shape index (κ1) is 24.6. The zero-order chi connectivity index (χ0) is 25.7. The first-order chi connectivity index (χ1) is 18.0. The number of likely N-dealkylation sites (tertiary alicyclic amines) is 1. The number of nitrogens with zero attached hydrogens (tertiary/aromatic N) is 3. The largest absolute Gasteiger partial charge is 0.445 e. The molecule has 2 fully saturated rings. The standard InChI is InChI=1S/C29H33N5O3/c30-24-8-4-5-9-25(24)32-27(35)23-10-11-26(31-20-23)33-16-12-29(13-17-33)14-18-34(19-15-29)28(36)37-21-22-6-2-1-3-7-22/h1-11,20H,12-19,21,30H2,(H,32,35). The van der Waals surface area contributed by atoms with Crippen molar-refractivity contribution in [3.05, 3.63) is 84.1 Å².